The van der Waals surface area contributed by atoms with Crippen LogP contribution in [0, 0.1) is 17.7 Å². The molecule has 2 rings (SSSR count). The summed E-state index contributed by atoms with van der Waals surface area (Å²) >= 11 is 0. The van der Waals surface area contributed by atoms with Crippen molar-refractivity contribution >= 4 is 0 Å². The molecule has 1 saturated carbocycles. The molecular formula is C17H23FN2O. The van der Waals surface area contributed by atoms with Gasteiger partial charge in [-0.05, 0) is 32.0 Å². The maximum Gasteiger partial charge on any atom is 0.128 e. The second-order valence-electron chi connectivity index (χ2n) is 5.65. The van der Waals surface area contributed by atoms with Crippen molar-refractivity contribution in [3.63, 3.8) is 0 Å². The molecule has 3 N–H and O–H groups in total. The predicted molar refractivity (Wildman–Crippen MR) is 82.1 cm³/mol. The topological polar surface area (TPSA) is 49.5 Å². The highest BCUT2D eigenvalue weighted by molar-refractivity contribution is 5.37. The molecule has 2 unspecified atom stereocenters. The molecule has 0 spiro atoms. The van der Waals surface area contributed by atoms with E-state index in [0.29, 0.717) is 17.7 Å². The van der Waals surface area contributed by atoms with Crippen LogP contribution in [0.2, 0.25) is 0 Å². The summed E-state index contributed by atoms with van der Waals surface area (Å²) in [6, 6.07) is 5.14. The fourth-order valence-electron chi connectivity index (χ4n) is 2.90. The molecule has 114 valence electrons. The second-order valence-corrected chi connectivity index (χ2v) is 5.65. The van der Waals surface area contributed by atoms with Gasteiger partial charge in [0.2, 0.25) is 0 Å². The lowest BCUT2D eigenvalue weighted by atomic mass is 9.91. The fraction of sp³-hybridized carbons (Fsp3) is 0.529. The Morgan fingerprint density at radius 1 is 1.38 bits per heavy atom. The molecular weight excluding hydrogens is 267 g/mol. The van der Waals surface area contributed by atoms with Gasteiger partial charge in [-0.2, -0.15) is 0 Å². The zero-order valence-corrected chi connectivity index (χ0v) is 12.5. The number of aliphatic hydroxyl groups is 1. The van der Waals surface area contributed by atoms with E-state index in [9.17, 15) is 9.50 Å². The van der Waals surface area contributed by atoms with Crippen molar-refractivity contribution in [3.8, 4) is 11.8 Å². The molecule has 1 aliphatic carbocycles. The fourth-order valence-corrected chi connectivity index (χ4v) is 2.90. The average molecular weight is 290 g/mol. The highest BCUT2D eigenvalue weighted by Gasteiger charge is 2.26. The Morgan fingerprint density at radius 2 is 2.14 bits per heavy atom. The summed E-state index contributed by atoms with van der Waals surface area (Å²) in [6.45, 7) is 0.768. The van der Waals surface area contributed by atoms with Crippen molar-refractivity contribution in [3.05, 3.63) is 35.1 Å². The van der Waals surface area contributed by atoms with Crippen molar-refractivity contribution in [2.24, 2.45) is 5.73 Å². The Morgan fingerprint density at radius 3 is 2.81 bits per heavy atom. The highest BCUT2D eigenvalue weighted by Crippen LogP contribution is 2.24. The van der Waals surface area contributed by atoms with E-state index in [0.717, 1.165) is 25.7 Å². The molecule has 0 saturated heterocycles. The van der Waals surface area contributed by atoms with E-state index < -0.39 is 0 Å². The summed E-state index contributed by atoms with van der Waals surface area (Å²) in [5, 5.41) is 10.1. The van der Waals surface area contributed by atoms with E-state index in [1.165, 1.54) is 6.07 Å². The van der Waals surface area contributed by atoms with Crippen molar-refractivity contribution in [2.45, 2.75) is 44.4 Å². The summed E-state index contributed by atoms with van der Waals surface area (Å²) in [5.41, 5.74) is 6.58. The van der Waals surface area contributed by atoms with E-state index in [1.807, 2.05) is 18.0 Å². The molecule has 4 heteroatoms. The first-order valence-electron chi connectivity index (χ1n) is 7.47. The minimum Gasteiger partial charge on any atom is -0.391 e. The number of hydrogen-bond acceptors (Lipinski definition) is 3. The number of nitrogens with zero attached hydrogens (tertiary/aromatic N) is 1. The van der Waals surface area contributed by atoms with Crippen LogP contribution < -0.4 is 5.73 Å². The van der Waals surface area contributed by atoms with Crippen molar-refractivity contribution in [1.82, 2.24) is 4.90 Å². The van der Waals surface area contributed by atoms with E-state index in [2.05, 4.69) is 11.8 Å². The zero-order chi connectivity index (χ0) is 15.2. The third kappa shape index (κ3) is 4.28. The first-order chi connectivity index (χ1) is 10.1. The smallest absolute Gasteiger partial charge is 0.128 e. The number of nitrogens with two attached hydrogens (primary N) is 1. The molecule has 0 radical (unpaired) electrons. The monoisotopic (exact) mass is 290 g/mol. The number of benzene rings is 1. The number of halogens is 1. The zero-order valence-electron chi connectivity index (χ0n) is 12.5. The average Bonchev–Trinajstić information content (AvgIpc) is 2.48. The molecule has 1 fully saturated rings. The van der Waals surface area contributed by atoms with Gasteiger partial charge < -0.3 is 10.8 Å². The Kier molecular flexibility index (Phi) is 5.75. The van der Waals surface area contributed by atoms with Crippen LogP contribution in [0.3, 0.4) is 0 Å². The van der Waals surface area contributed by atoms with Crippen molar-refractivity contribution in [1.29, 1.82) is 0 Å². The molecule has 0 amide bonds. The van der Waals surface area contributed by atoms with E-state index in [4.69, 9.17) is 5.73 Å². The van der Waals surface area contributed by atoms with Crippen LogP contribution in [-0.2, 0) is 6.54 Å². The lowest BCUT2D eigenvalue weighted by Gasteiger charge is -2.35. The second kappa shape index (κ2) is 7.56. The summed E-state index contributed by atoms with van der Waals surface area (Å²) < 4.78 is 14.1. The van der Waals surface area contributed by atoms with Crippen LogP contribution in [0.25, 0.3) is 0 Å². The SMILES string of the molecule is CN(Cc1ccc(C#CCN)cc1F)C1CCCCC1O. The Labute approximate surface area is 125 Å². The van der Waals surface area contributed by atoms with Crippen LogP contribution in [-0.4, -0.2) is 35.7 Å². The van der Waals surface area contributed by atoms with Gasteiger partial charge in [-0.15, -0.1) is 0 Å². The maximum absolute atomic E-state index is 14.1. The van der Waals surface area contributed by atoms with Crippen LogP contribution >= 0.6 is 0 Å². The normalized spacial score (nSPS) is 22.0. The van der Waals surface area contributed by atoms with Gasteiger partial charge >= 0.3 is 0 Å². The first-order valence-corrected chi connectivity index (χ1v) is 7.47. The molecule has 1 aromatic carbocycles. The third-order valence-electron chi connectivity index (χ3n) is 4.07. The van der Waals surface area contributed by atoms with E-state index in [-0.39, 0.29) is 24.5 Å². The van der Waals surface area contributed by atoms with Gasteiger partial charge in [-0.3, -0.25) is 4.90 Å². The Bertz CT molecular complexity index is 535. The molecule has 2 atom stereocenters. The van der Waals surface area contributed by atoms with Crippen LogP contribution in [0.15, 0.2) is 18.2 Å². The molecule has 21 heavy (non-hydrogen) atoms. The molecule has 1 aliphatic rings. The maximum atomic E-state index is 14.1. The van der Waals surface area contributed by atoms with E-state index >= 15 is 0 Å². The largest absolute Gasteiger partial charge is 0.391 e. The van der Waals surface area contributed by atoms with Gasteiger partial charge in [0.15, 0.2) is 0 Å². The summed E-state index contributed by atoms with van der Waals surface area (Å²) in [6.07, 6.45) is 3.71. The van der Waals surface area contributed by atoms with Gasteiger partial charge in [0.1, 0.15) is 5.82 Å². The van der Waals surface area contributed by atoms with Gasteiger partial charge in [-0.1, -0.05) is 30.7 Å². The molecule has 0 aromatic heterocycles. The number of likely N-dealkylation sites (N-methyl/N-ethyl adjacent to an activating group) is 1. The highest BCUT2D eigenvalue weighted by atomic mass is 19.1. The number of hydrogen-bond donors (Lipinski definition) is 2. The standard InChI is InChI=1S/C17H23FN2O/c1-20(16-6-2-3-7-17(16)21)12-14-9-8-13(5-4-10-19)11-15(14)18/h8-9,11,16-17,21H,2-3,6-7,10,12,19H2,1H3. The minimum absolute atomic E-state index is 0.120. The summed E-state index contributed by atoms with van der Waals surface area (Å²) in [4.78, 5) is 2.05. The third-order valence-corrected chi connectivity index (χ3v) is 4.07. The van der Waals surface area contributed by atoms with Gasteiger partial charge in [0.05, 0.1) is 12.6 Å². The quantitative estimate of drug-likeness (QED) is 0.836. The summed E-state index contributed by atoms with van der Waals surface area (Å²) in [5.74, 6) is 5.29. The molecule has 0 heterocycles. The Balaban J connectivity index is 2.05. The molecule has 1 aromatic rings. The van der Waals surface area contributed by atoms with Crippen molar-refractivity contribution < 1.29 is 9.50 Å². The molecule has 0 bridgehead atoms. The van der Waals surface area contributed by atoms with Crippen LogP contribution in [0.5, 0.6) is 0 Å². The molecule has 0 aliphatic heterocycles. The minimum atomic E-state index is -0.304. The van der Waals surface area contributed by atoms with Gasteiger partial charge in [-0.25, -0.2) is 4.39 Å². The Hall–Kier alpha value is -1.41. The first kappa shape index (κ1) is 16.0. The van der Waals surface area contributed by atoms with Crippen molar-refractivity contribution in [2.75, 3.05) is 13.6 Å². The summed E-state index contributed by atoms with van der Waals surface area (Å²) in [7, 11) is 1.95. The lowest BCUT2D eigenvalue weighted by Crippen LogP contribution is -2.43. The number of aliphatic hydroxyl groups excluding tert-OH is 1. The number of rotatable bonds is 3. The molecule has 3 nitrogen and oxygen atoms in total. The van der Waals surface area contributed by atoms with Crippen LogP contribution in [0.1, 0.15) is 36.8 Å². The predicted octanol–water partition coefficient (Wildman–Crippen LogP) is 1.87. The lowest BCUT2D eigenvalue weighted by molar-refractivity contribution is 0.0284. The van der Waals surface area contributed by atoms with Gasteiger partial charge in [0.25, 0.3) is 0 Å². The van der Waals surface area contributed by atoms with E-state index in [1.54, 1.807) is 6.07 Å². The van der Waals surface area contributed by atoms with Crippen LogP contribution in [0.4, 0.5) is 4.39 Å². The van der Waals surface area contributed by atoms with Gasteiger partial charge in [0, 0.05) is 23.7 Å².